The highest BCUT2D eigenvalue weighted by Crippen LogP contribution is 2.51. The molecule has 45 heavy (non-hydrogen) atoms. The number of piperidine rings is 1. The molecule has 1 aliphatic heterocycles. The lowest BCUT2D eigenvalue weighted by Crippen LogP contribution is -2.53. The van der Waals surface area contributed by atoms with Gasteiger partial charge in [0.15, 0.2) is 0 Å². The zero-order valence-electron chi connectivity index (χ0n) is 26.6. The third-order valence-corrected chi connectivity index (χ3v) is 10.5. The van der Waals surface area contributed by atoms with Crippen LogP contribution in [0.15, 0.2) is 48.5 Å². The maximum atomic E-state index is 14.4. The van der Waals surface area contributed by atoms with Crippen LogP contribution in [0.2, 0.25) is 0 Å². The third kappa shape index (κ3) is 8.61. The van der Waals surface area contributed by atoms with Crippen molar-refractivity contribution in [3.05, 3.63) is 71.3 Å². The Morgan fingerprint density at radius 3 is 2.40 bits per heavy atom. The number of hydrogen-bond donors (Lipinski definition) is 2. The van der Waals surface area contributed by atoms with Crippen LogP contribution in [0.4, 0.5) is 13.6 Å². The summed E-state index contributed by atoms with van der Waals surface area (Å²) < 4.78 is 33.6. The van der Waals surface area contributed by atoms with E-state index in [0.29, 0.717) is 23.9 Å². The Labute approximate surface area is 266 Å². The highest BCUT2D eigenvalue weighted by atomic mass is 19.1. The number of likely N-dealkylation sites (tertiary alicyclic amines) is 1. The molecule has 1 heterocycles. The number of carbonyl (C=O) groups excluding carboxylic acids is 1. The number of benzene rings is 2. The molecule has 2 N–H and O–H groups in total. The molecule has 2 aliphatic carbocycles. The van der Waals surface area contributed by atoms with Gasteiger partial charge in [-0.1, -0.05) is 50.5 Å². The summed E-state index contributed by atoms with van der Waals surface area (Å²) in [6.07, 6.45) is 9.45. The quantitative estimate of drug-likeness (QED) is 0.265. The number of carbonyl (C=O) groups is 2. The van der Waals surface area contributed by atoms with Gasteiger partial charge in [0.25, 0.3) is 0 Å². The van der Waals surface area contributed by atoms with Crippen LogP contribution in [0, 0.1) is 23.5 Å². The van der Waals surface area contributed by atoms with Gasteiger partial charge >= 0.3 is 12.1 Å². The zero-order chi connectivity index (χ0) is 31.8. The molecule has 1 saturated heterocycles. The Morgan fingerprint density at radius 1 is 1.02 bits per heavy atom. The monoisotopic (exact) mass is 625 g/mol. The fourth-order valence-corrected chi connectivity index (χ4v) is 8.35. The standard InChI is InChI=1S/C36H49F2N3O4/c1-2-16-41(35(44)45-25-26-8-6-10-30(37)19-26)32-12-17-40(18-13-32)24-28-20-29(22-33(28)27-9-7-11-31(38)21-27)36(39-23-34(42)43)14-4-3-5-15-36/h6-11,19,21,28-29,32-33,39H,2-5,12-18,20,22-25H2,1H3,(H,42,43)/t28-,29+,33-/m1/s1. The molecule has 2 aromatic carbocycles. The van der Waals surface area contributed by atoms with Crippen LogP contribution < -0.4 is 5.32 Å². The summed E-state index contributed by atoms with van der Waals surface area (Å²) in [6.45, 7) is 5.31. The number of carboxylic acids is 1. The molecule has 0 aromatic heterocycles. The smallest absolute Gasteiger partial charge is 0.410 e. The van der Waals surface area contributed by atoms with Crippen molar-refractivity contribution >= 4 is 12.1 Å². The number of ether oxygens (including phenoxy) is 1. The van der Waals surface area contributed by atoms with Gasteiger partial charge in [-0.05, 0) is 98.1 Å². The average Bonchev–Trinajstić information content (AvgIpc) is 3.47. The lowest BCUT2D eigenvalue weighted by molar-refractivity contribution is -0.136. The molecule has 246 valence electrons. The number of hydrogen-bond acceptors (Lipinski definition) is 5. The summed E-state index contributed by atoms with van der Waals surface area (Å²) in [5.74, 6) is -0.507. The van der Waals surface area contributed by atoms with E-state index in [2.05, 4.69) is 17.1 Å². The van der Waals surface area contributed by atoms with Crippen molar-refractivity contribution in [3.8, 4) is 0 Å². The number of nitrogens with one attached hydrogen (secondary N) is 1. The van der Waals surface area contributed by atoms with Crippen LogP contribution in [-0.4, -0.2) is 71.3 Å². The zero-order valence-corrected chi connectivity index (χ0v) is 26.6. The summed E-state index contributed by atoms with van der Waals surface area (Å²) in [5.41, 5.74) is 1.48. The molecule has 3 atom stereocenters. The van der Waals surface area contributed by atoms with Crippen LogP contribution in [0.1, 0.15) is 88.2 Å². The van der Waals surface area contributed by atoms with E-state index in [9.17, 15) is 23.5 Å². The third-order valence-electron chi connectivity index (χ3n) is 10.5. The van der Waals surface area contributed by atoms with Gasteiger partial charge in [-0.2, -0.15) is 0 Å². The van der Waals surface area contributed by atoms with Gasteiger partial charge < -0.3 is 25.0 Å². The van der Waals surface area contributed by atoms with Gasteiger partial charge in [-0.25, -0.2) is 13.6 Å². The first-order valence-corrected chi connectivity index (χ1v) is 16.9. The maximum Gasteiger partial charge on any atom is 0.410 e. The molecular formula is C36H49F2N3O4. The van der Waals surface area contributed by atoms with Gasteiger partial charge in [0.1, 0.15) is 18.2 Å². The van der Waals surface area contributed by atoms with Crippen molar-refractivity contribution in [1.29, 1.82) is 0 Å². The fraction of sp³-hybridized carbons (Fsp3) is 0.611. The Balaban J connectivity index is 1.23. The van der Waals surface area contributed by atoms with Gasteiger partial charge in [0.05, 0.1) is 6.54 Å². The van der Waals surface area contributed by atoms with Crippen LogP contribution in [0.5, 0.6) is 0 Å². The van der Waals surface area contributed by atoms with E-state index in [-0.39, 0.29) is 48.4 Å². The van der Waals surface area contributed by atoms with E-state index in [0.717, 1.165) is 83.0 Å². The van der Waals surface area contributed by atoms with Crippen molar-refractivity contribution < 1.29 is 28.2 Å². The molecular weight excluding hydrogens is 576 g/mol. The van der Waals surface area contributed by atoms with Crippen LogP contribution >= 0.6 is 0 Å². The van der Waals surface area contributed by atoms with Crippen molar-refractivity contribution in [2.75, 3.05) is 32.7 Å². The van der Waals surface area contributed by atoms with Gasteiger partial charge in [-0.15, -0.1) is 0 Å². The number of halogens is 2. The Hall–Kier alpha value is -3.04. The lowest BCUT2D eigenvalue weighted by Gasteiger charge is -2.43. The molecule has 2 saturated carbocycles. The van der Waals surface area contributed by atoms with Gasteiger partial charge in [-0.3, -0.25) is 4.79 Å². The van der Waals surface area contributed by atoms with E-state index in [1.165, 1.54) is 24.6 Å². The first kappa shape index (κ1) is 33.3. The number of nitrogens with zero attached hydrogens (tertiary/aromatic N) is 2. The van der Waals surface area contributed by atoms with Crippen LogP contribution in [0.25, 0.3) is 0 Å². The minimum atomic E-state index is -0.825. The Bertz CT molecular complexity index is 1280. The van der Waals surface area contributed by atoms with E-state index < -0.39 is 5.97 Å². The molecule has 1 amide bonds. The molecule has 3 fully saturated rings. The number of aliphatic carboxylic acids is 1. The largest absolute Gasteiger partial charge is 0.480 e. The van der Waals surface area contributed by atoms with E-state index in [1.54, 1.807) is 24.3 Å². The van der Waals surface area contributed by atoms with Crippen molar-refractivity contribution in [1.82, 2.24) is 15.1 Å². The SMILES string of the molecule is CCCN(C(=O)OCc1cccc(F)c1)C1CCN(C[C@H]2C[C@H](C3(NCC(=O)O)CCCCC3)C[C@@H]2c2cccc(F)c2)CC1. The van der Waals surface area contributed by atoms with Crippen molar-refractivity contribution in [3.63, 3.8) is 0 Å². The van der Waals surface area contributed by atoms with E-state index in [1.807, 2.05) is 11.0 Å². The molecule has 5 rings (SSSR count). The second-order valence-corrected chi connectivity index (χ2v) is 13.5. The predicted octanol–water partition coefficient (Wildman–Crippen LogP) is 6.96. The molecule has 0 radical (unpaired) electrons. The minimum Gasteiger partial charge on any atom is -0.480 e. The number of carboxylic acid groups (broad SMARTS) is 1. The van der Waals surface area contributed by atoms with Gasteiger partial charge in [0.2, 0.25) is 0 Å². The molecule has 2 aromatic rings. The van der Waals surface area contributed by atoms with Crippen LogP contribution in [-0.2, 0) is 16.1 Å². The average molecular weight is 626 g/mol. The summed E-state index contributed by atoms with van der Waals surface area (Å²) in [4.78, 5) is 29.0. The Kier molecular flexibility index (Phi) is 11.5. The molecule has 0 spiro atoms. The predicted molar refractivity (Wildman–Crippen MR) is 170 cm³/mol. The van der Waals surface area contributed by atoms with E-state index >= 15 is 0 Å². The second kappa shape index (κ2) is 15.5. The summed E-state index contributed by atoms with van der Waals surface area (Å²) in [6, 6.07) is 13.2. The summed E-state index contributed by atoms with van der Waals surface area (Å²) in [7, 11) is 0. The first-order valence-electron chi connectivity index (χ1n) is 16.9. The maximum absolute atomic E-state index is 14.4. The number of rotatable bonds is 12. The molecule has 7 nitrogen and oxygen atoms in total. The Morgan fingerprint density at radius 2 is 1.73 bits per heavy atom. The topological polar surface area (TPSA) is 82.1 Å². The lowest BCUT2D eigenvalue weighted by atomic mass is 9.71. The highest BCUT2D eigenvalue weighted by Gasteiger charge is 2.47. The summed E-state index contributed by atoms with van der Waals surface area (Å²) >= 11 is 0. The van der Waals surface area contributed by atoms with Crippen molar-refractivity contribution in [2.45, 2.75) is 95.2 Å². The van der Waals surface area contributed by atoms with Crippen molar-refractivity contribution in [2.24, 2.45) is 11.8 Å². The van der Waals surface area contributed by atoms with Crippen LogP contribution in [0.3, 0.4) is 0 Å². The number of amides is 1. The fourth-order valence-electron chi connectivity index (χ4n) is 8.35. The molecule has 0 unspecified atom stereocenters. The molecule has 3 aliphatic rings. The molecule has 9 heteroatoms. The molecule has 0 bridgehead atoms. The first-order chi connectivity index (χ1) is 21.8. The minimum absolute atomic E-state index is 0.0295. The van der Waals surface area contributed by atoms with E-state index in [4.69, 9.17) is 4.74 Å². The highest BCUT2D eigenvalue weighted by molar-refractivity contribution is 5.69. The second-order valence-electron chi connectivity index (χ2n) is 13.5. The normalized spacial score (nSPS) is 23.9. The van der Waals surface area contributed by atoms with Gasteiger partial charge in [0, 0.05) is 37.8 Å². The summed E-state index contributed by atoms with van der Waals surface area (Å²) in [5, 5.41) is 13.0.